The molecule has 5 N–H and O–H groups in total. The first-order chi connectivity index (χ1) is 39.8. The van der Waals surface area contributed by atoms with Crippen LogP contribution >= 0.6 is 0 Å². The van der Waals surface area contributed by atoms with Crippen LogP contribution in [0.25, 0.3) is 55.4 Å². The standard InChI is InChI=1S/C61H70FN13O7/c1-7-74-51(19-20-65-74)40-17-15-39(16-18-40)50(30-76)66-59(78)52-22-43(77)28-73(52)60(79)56(33(2)3)75-29-49(70-71-75)38-13-11-36(12-14-38)32-81-57-54(53-35(5)47(62)24-48-46(53)26-64-69-48)44(37-9-8-10-37)23-45-55(57)67-61(82-31-34(4)80-6)68-58(45)72-27-41-21-42(72)25-63-41/h11-20,23-24,26,29,33-34,37,41-43,50,52,56,63,76-77H,7-10,21-22,25,27-28,30-32H2,1-6H3,(H,64,69)(H,66,78)/t34-,41-,42-,43+,50-,52-,56-/m0/s1. The van der Waals surface area contributed by atoms with E-state index in [0.717, 1.165) is 88.9 Å². The van der Waals surface area contributed by atoms with E-state index in [-0.39, 0.29) is 74.5 Å². The number of piperazine rings is 1. The van der Waals surface area contributed by atoms with Gasteiger partial charge in [-0.25, -0.2) is 9.07 Å². The first-order valence-electron chi connectivity index (χ1n) is 28.6. The number of H-pyrrole nitrogens is 1. The third kappa shape index (κ3) is 10.3. The molecule has 12 rings (SSSR count). The molecule has 428 valence electrons. The van der Waals surface area contributed by atoms with Gasteiger partial charge in [-0.3, -0.25) is 19.4 Å². The van der Waals surface area contributed by atoms with E-state index in [2.05, 4.69) is 47.2 Å². The largest absolute Gasteiger partial charge is 0.486 e. The monoisotopic (exact) mass is 1120 g/mol. The van der Waals surface area contributed by atoms with Crippen molar-refractivity contribution in [2.45, 2.75) is 128 Å². The molecule has 21 heteroatoms. The Hall–Kier alpha value is -7.85. The van der Waals surface area contributed by atoms with Gasteiger partial charge in [0, 0.05) is 85.5 Å². The van der Waals surface area contributed by atoms with Crippen molar-refractivity contribution in [1.29, 1.82) is 0 Å². The number of likely N-dealkylation sites (tertiary alicyclic amines) is 1. The van der Waals surface area contributed by atoms with Crippen LogP contribution in [0, 0.1) is 18.7 Å². The van der Waals surface area contributed by atoms with Gasteiger partial charge in [-0.05, 0) is 97.9 Å². The summed E-state index contributed by atoms with van der Waals surface area (Å²) in [6.07, 6.45) is 8.14. The summed E-state index contributed by atoms with van der Waals surface area (Å²) >= 11 is 0. The summed E-state index contributed by atoms with van der Waals surface area (Å²) in [5.74, 6) is -0.0187. The smallest absolute Gasteiger partial charge is 0.319 e. The molecule has 82 heavy (non-hydrogen) atoms. The number of rotatable bonds is 20. The number of methoxy groups -OCH3 is 1. The van der Waals surface area contributed by atoms with E-state index in [1.54, 1.807) is 32.6 Å². The predicted molar refractivity (Wildman–Crippen MR) is 307 cm³/mol. The van der Waals surface area contributed by atoms with Gasteiger partial charge < -0.3 is 44.9 Å². The van der Waals surface area contributed by atoms with E-state index < -0.39 is 30.1 Å². The summed E-state index contributed by atoms with van der Waals surface area (Å²) < 4.78 is 38.6. The second-order valence-electron chi connectivity index (χ2n) is 22.8. The summed E-state index contributed by atoms with van der Waals surface area (Å²) in [5, 5.41) is 50.3. The molecule has 1 saturated carbocycles. The fourth-order valence-electron chi connectivity index (χ4n) is 12.4. The number of carbonyl (C=O) groups is 2. The molecule has 0 radical (unpaired) electrons. The molecular formula is C61H70FN13O7. The Balaban J connectivity index is 0.825. The van der Waals surface area contributed by atoms with Gasteiger partial charge in [0.25, 0.3) is 0 Å². The SMILES string of the molecule is CCn1nccc1-c1ccc([C@H](CO)NC(=O)[C@@H]2C[C@@H](O)CN2C(=O)[C@H](C(C)C)n2cc(-c3ccc(COc4c(-c5c(C)c(F)cc6[nH]ncc56)c(C5CCC5)cc5c(N6C[C@@H]7C[C@H]6CN7)nc(OC[C@H](C)OC)nc45)cc3)nn2)cc1. The van der Waals surface area contributed by atoms with Gasteiger partial charge >= 0.3 is 6.01 Å². The molecule has 3 aliphatic heterocycles. The van der Waals surface area contributed by atoms with Crippen LogP contribution in [0.1, 0.15) is 100 Å². The molecule has 2 amide bonds. The second-order valence-corrected chi connectivity index (χ2v) is 22.8. The van der Waals surface area contributed by atoms with Gasteiger partial charge in [-0.15, -0.1) is 5.10 Å². The lowest BCUT2D eigenvalue weighted by Gasteiger charge is -2.33. The number of ether oxygens (including phenoxy) is 3. The Kier molecular flexibility index (Phi) is 15.2. The molecule has 0 unspecified atom stereocenters. The molecule has 0 spiro atoms. The molecule has 4 aromatic heterocycles. The Morgan fingerprint density at radius 1 is 0.951 bits per heavy atom. The number of amides is 2. The fourth-order valence-corrected chi connectivity index (χ4v) is 12.4. The summed E-state index contributed by atoms with van der Waals surface area (Å²) in [6.45, 7) is 11.8. The van der Waals surface area contributed by atoms with Crippen molar-refractivity contribution >= 4 is 39.4 Å². The summed E-state index contributed by atoms with van der Waals surface area (Å²) in [7, 11) is 1.64. The number of fused-ring (bicyclic) bond motifs is 4. The van der Waals surface area contributed by atoms with E-state index in [1.807, 2.05) is 87.0 Å². The van der Waals surface area contributed by atoms with Crippen molar-refractivity contribution in [2.24, 2.45) is 5.92 Å². The summed E-state index contributed by atoms with van der Waals surface area (Å²) in [5.41, 5.74) is 8.84. The molecule has 1 aliphatic carbocycles. The number of nitrogens with one attached hydrogen (secondary N) is 3. The lowest BCUT2D eigenvalue weighted by atomic mass is 9.75. The highest BCUT2D eigenvalue weighted by Crippen LogP contribution is 2.52. The molecule has 4 aliphatic rings. The minimum absolute atomic E-state index is 0.0388. The van der Waals surface area contributed by atoms with Crippen LogP contribution in [0.3, 0.4) is 0 Å². The molecule has 2 bridgehead atoms. The quantitative estimate of drug-likeness (QED) is 0.0495. The van der Waals surface area contributed by atoms with Crippen molar-refractivity contribution in [2.75, 3.05) is 44.9 Å². The van der Waals surface area contributed by atoms with Gasteiger partial charge in [-0.2, -0.15) is 20.2 Å². The number of aromatic amines is 1. The second kappa shape index (κ2) is 22.8. The normalized spacial score (nSPS) is 20.0. The fraction of sp³-hybridized carbons (Fsp3) is 0.443. The van der Waals surface area contributed by atoms with Gasteiger partial charge in [-0.1, -0.05) is 74.0 Å². The molecular weight excluding hydrogens is 1050 g/mol. The highest BCUT2D eigenvalue weighted by Gasteiger charge is 2.44. The van der Waals surface area contributed by atoms with E-state index in [4.69, 9.17) is 24.2 Å². The number of β-amino-alcohol motifs (C(OH)–C–C–N with tert-alkyl or cyclic N) is 1. The number of carbonyl (C=O) groups excluding carboxylic acids is 2. The van der Waals surface area contributed by atoms with Crippen LogP contribution in [0.5, 0.6) is 11.8 Å². The Labute approximate surface area is 474 Å². The number of halogens is 1. The minimum atomic E-state index is -0.986. The van der Waals surface area contributed by atoms with Crippen LogP contribution in [0.15, 0.2) is 85.3 Å². The van der Waals surface area contributed by atoms with Crippen LogP contribution in [-0.2, 0) is 27.5 Å². The highest BCUT2D eigenvalue weighted by atomic mass is 19.1. The zero-order valence-electron chi connectivity index (χ0n) is 47.1. The van der Waals surface area contributed by atoms with Gasteiger partial charge in [0.15, 0.2) is 5.75 Å². The van der Waals surface area contributed by atoms with E-state index in [9.17, 15) is 19.8 Å². The molecule has 4 fully saturated rings. The number of aromatic nitrogens is 9. The number of aryl methyl sites for hydroxylation is 1. The van der Waals surface area contributed by atoms with Gasteiger partial charge in [0.05, 0.1) is 48.5 Å². The molecule has 20 nitrogen and oxygen atoms in total. The number of aliphatic hydroxyl groups is 2. The van der Waals surface area contributed by atoms with E-state index in [1.165, 1.54) is 15.6 Å². The zero-order chi connectivity index (χ0) is 56.9. The van der Waals surface area contributed by atoms with Crippen molar-refractivity contribution in [3.63, 3.8) is 0 Å². The predicted octanol–water partition coefficient (Wildman–Crippen LogP) is 7.58. The zero-order valence-corrected chi connectivity index (χ0v) is 47.1. The first kappa shape index (κ1) is 54.7. The van der Waals surface area contributed by atoms with Crippen LogP contribution < -0.4 is 25.0 Å². The topological polar surface area (TPSA) is 236 Å². The molecule has 4 aromatic carbocycles. The number of benzene rings is 4. The number of hydrogen-bond donors (Lipinski definition) is 5. The maximum Gasteiger partial charge on any atom is 0.319 e. The van der Waals surface area contributed by atoms with Crippen molar-refractivity contribution in [3.8, 4) is 45.4 Å². The van der Waals surface area contributed by atoms with E-state index in [0.29, 0.717) is 51.8 Å². The van der Waals surface area contributed by atoms with Gasteiger partial charge in [0.1, 0.15) is 48.1 Å². The number of anilines is 1. The number of aliphatic hydroxyl groups excluding tert-OH is 2. The molecule has 8 aromatic rings. The summed E-state index contributed by atoms with van der Waals surface area (Å²) in [6, 6.07) is 19.2. The maximum atomic E-state index is 16.2. The Morgan fingerprint density at radius 2 is 1.74 bits per heavy atom. The number of nitrogens with zero attached hydrogens (tertiary/aromatic N) is 10. The Morgan fingerprint density at radius 3 is 2.44 bits per heavy atom. The molecule has 7 atom stereocenters. The van der Waals surface area contributed by atoms with Crippen LogP contribution in [-0.4, -0.2) is 142 Å². The average Bonchev–Trinajstić information content (AvgIpc) is 3.61. The molecule has 3 saturated heterocycles. The molecule has 7 heterocycles. The van der Waals surface area contributed by atoms with Crippen molar-refractivity contribution < 1.29 is 38.4 Å². The first-order valence-corrected chi connectivity index (χ1v) is 28.6. The van der Waals surface area contributed by atoms with Crippen LogP contribution in [0.2, 0.25) is 0 Å². The van der Waals surface area contributed by atoms with Crippen LogP contribution in [0.4, 0.5) is 10.2 Å². The third-order valence-corrected chi connectivity index (χ3v) is 17.2. The third-order valence-electron chi connectivity index (χ3n) is 17.2. The summed E-state index contributed by atoms with van der Waals surface area (Å²) in [4.78, 5) is 42.8. The maximum absolute atomic E-state index is 16.2. The lowest BCUT2D eigenvalue weighted by Crippen LogP contribution is -2.50. The van der Waals surface area contributed by atoms with E-state index >= 15 is 4.39 Å². The Bertz CT molecular complexity index is 3640. The average molecular weight is 1120 g/mol. The van der Waals surface area contributed by atoms with Crippen molar-refractivity contribution in [1.82, 2.24) is 60.5 Å². The van der Waals surface area contributed by atoms with Crippen molar-refractivity contribution in [3.05, 3.63) is 113 Å². The number of hydrogen-bond acceptors (Lipinski definition) is 15. The lowest BCUT2D eigenvalue weighted by molar-refractivity contribution is -0.142. The van der Waals surface area contributed by atoms with Gasteiger partial charge in [0.2, 0.25) is 11.8 Å². The highest BCUT2D eigenvalue weighted by molar-refractivity contribution is 6.06. The minimum Gasteiger partial charge on any atom is -0.486 e.